The summed E-state index contributed by atoms with van der Waals surface area (Å²) in [6.45, 7) is 8.82. The van der Waals surface area contributed by atoms with Crippen molar-refractivity contribution in [2.24, 2.45) is 0 Å². The summed E-state index contributed by atoms with van der Waals surface area (Å²) in [5.41, 5.74) is 2.45. The lowest BCUT2D eigenvalue weighted by Crippen LogP contribution is -2.50. The zero-order chi connectivity index (χ0) is 22.1. The second kappa shape index (κ2) is 8.99. The number of thiophene rings is 1. The molecule has 2 heterocycles. The molecule has 0 spiro atoms. The average molecular weight is 449 g/mol. The number of sulfonamides is 1. The number of amides is 1. The van der Waals surface area contributed by atoms with E-state index in [0.717, 1.165) is 20.9 Å². The van der Waals surface area contributed by atoms with Crippen LogP contribution in [0.3, 0.4) is 0 Å². The van der Waals surface area contributed by atoms with Gasteiger partial charge in [-0.2, -0.15) is 4.31 Å². The van der Waals surface area contributed by atoms with Crippen LogP contribution in [0.4, 0.5) is 0 Å². The molecule has 0 N–H and O–H groups in total. The molecule has 1 aromatic carbocycles. The number of carbonyl (C=O) groups is 2. The van der Waals surface area contributed by atoms with Crippen molar-refractivity contribution in [1.82, 2.24) is 9.21 Å². The first-order chi connectivity index (χ1) is 14.1. The van der Waals surface area contributed by atoms with Gasteiger partial charge in [0.15, 0.2) is 5.78 Å². The zero-order valence-electron chi connectivity index (χ0n) is 17.9. The van der Waals surface area contributed by atoms with Crippen molar-refractivity contribution in [2.75, 3.05) is 26.2 Å². The number of rotatable bonds is 6. The van der Waals surface area contributed by atoms with E-state index < -0.39 is 10.0 Å². The first-order valence-electron chi connectivity index (χ1n) is 10.0. The molecule has 0 aliphatic carbocycles. The minimum Gasteiger partial charge on any atom is -0.340 e. The van der Waals surface area contributed by atoms with Gasteiger partial charge in [-0.05, 0) is 45.4 Å². The molecule has 1 saturated heterocycles. The van der Waals surface area contributed by atoms with Crippen molar-refractivity contribution in [3.63, 3.8) is 0 Å². The van der Waals surface area contributed by atoms with Crippen LogP contribution in [0.2, 0.25) is 0 Å². The molecule has 2 aromatic rings. The van der Waals surface area contributed by atoms with Crippen LogP contribution in [0.25, 0.3) is 0 Å². The molecule has 0 radical (unpaired) electrons. The lowest BCUT2D eigenvalue weighted by molar-refractivity contribution is -0.132. The molecule has 1 fully saturated rings. The van der Waals surface area contributed by atoms with Gasteiger partial charge in [-0.1, -0.05) is 17.7 Å². The van der Waals surface area contributed by atoms with Gasteiger partial charge in [0.05, 0.1) is 4.90 Å². The summed E-state index contributed by atoms with van der Waals surface area (Å²) in [5, 5.41) is 0. The third kappa shape index (κ3) is 4.82. The van der Waals surface area contributed by atoms with Crippen LogP contribution < -0.4 is 0 Å². The Balaban J connectivity index is 1.56. The molecule has 1 aliphatic rings. The monoisotopic (exact) mass is 448 g/mol. The van der Waals surface area contributed by atoms with E-state index in [1.54, 1.807) is 35.3 Å². The molecule has 0 saturated carbocycles. The molecule has 0 unspecified atom stereocenters. The number of carbonyl (C=O) groups excluding carboxylic acids is 2. The van der Waals surface area contributed by atoms with Crippen molar-refractivity contribution in [3.8, 4) is 0 Å². The Hall–Kier alpha value is -2.03. The van der Waals surface area contributed by atoms with Gasteiger partial charge in [0.1, 0.15) is 0 Å². The Morgan fingerprint density at radius 3 is 2.20 bits per heavy atom. The highest BCUT2D eigenvalue weighted by Gasteiger charge is 2.31. The van der Waals surface area contributed by atoms with E-state index in [1.165, 1.54) is 4.31 Å². The van der Waals surface area contributed by atoms with Crippen LogP contribution in [0.1, 0.15) is 44.1 Å². The van der Waals surface area contributed by atoms with Crippen molar-refractivity contribution in [1.29, 1.82) is 0 Å². The number of aryl methyl sites for hydroxylation is 4. The van der Waals surface area contributed by atoms with E-state index in [4.69, 9.17) is 0 Å². The Kier molecular flexibility index (Phi) is 6.79. The Labute approximate surface area is 182 Å². The van der Waals surface area contributed by atoms with Crippen LogP contribution in [0.15, 0.2) is 29.2 Å². The van der Waals surface area contributed by atoms with Crippen molar-refractivity contribution in [2.45, 2.75) is 45.4 Å². The van der Waals surface area contributed by atoms with Gasteiger partial charge in [0.2, 0.25) is 15.9 Å². The molecule has 8 heteroatoms. The maximum atomic E-state index is 13.0. The summed E-state index contributed by atoms with van der Waals surface area (Å²) >= 11 is 1.58. The normalized spacial score (nSPS) is 15.4. The Bertz CT molecular complexity index is 1060. The Morgan fingerprint density at radius 2 is 1.63 bits per heavy atom. The van der Waals surface area contributed by atoms with E-state index >= 15 is 0 Å². The minimum atomic E-state index is -3.58. The fraction of sp³-hybridized carbons (Fsp3) is 0.455. The first-order valence-corrected chi connectivity index (χ1v) is 12.3. The second-order valence-electron chi connectivity index (χ2n) is 7.80. The summed E-state index contributed by atoms with van der Waals surface area (Å²) in [6, 6.07) is 7.19. The number of benzene rings is 1. The number of hydrogen-bond acceptors (Lipinski definition) is 5. The highest BCUT2D eigenvalue weighted by atomic mass is 32.2. The van der Waals surface area contributed by atoms with E-state index in [1.807, 2.05) is 32.9 Å². The number of Topliss-reactive ketones (excluding diaryl/α,β-unsaturated/α-hetero) is 1. The first kappa shape index (κ1) is 22.7. The molecule has 30 heavy (non-hydrogen) atoms. The highest BCUT2D eigenvalue weighted by Crippen LogP contribution is 2.24. The number of nitrogens with zero attached hydrogens (tertiary/aromatic N) is 2. The van der Waals surface area contributed by atoms with Gasteiger partial charge in [-0.15, -0.1) is 11.3 Å². The number of ketones is 1. The summed E-state index contributed by atoms with van der Waals surface area (Å²) < 4.78 is 27.4. The summed E-state index contributed by atoms with van der Waals surface area (Å²) in [6.07, 6.45) is 0.327. The third-order valence-electron chi connectivity index (χ3n) is 5.45. The molecule has 0 bridgehead atoms. The molecular weight excluding hydrogens is 420 g/mol. The van der Waals surface area contributed by atoms with Gasteiger partial charge in [-0.3, -0.25) is 9.59 Å². The smallest absolute Gasteiger partial charge is 0.243 e. The predicted octanol–water partition coefficient (Wildman–Crippen LogP) is 3.48. The molecule has 1 amide bonds. The SMILES string of the molecule is Cc1ccc(S(=O)(=O)N2CCN(C(=O)CCC(=O)c3cc(C)sc3C)CC2)c(C)c1. The minimum absolute atomic E-state index is 0.0127. The maximum Gasteiger partial charge on any atom is 0.243 e. The number of piperazine rings is 1. The van der Waals surface area contributed by atoms with Crippen LogP contribution in [0.5, 0.6) is 0 Å². The van der Waals surface area contributed by atoms with Gasteiger partial charge in [0, 0.05) is 54.3 Å². The summed E-state index contributed by atoms with van der Waals surface area (Å²) in [4.78, 5) is 29.0. The molecular formula is C22H28N2O4S2. The van der Waals surface area contributed by atoms with Crippen molar-refractivity contribution < 1.29 is 18.0 Å². The highest BCUT2D eigenvalue weighted by molar-refractivity contribution is 7.89. The Morgan fingerprint density at radius 1 is 0.967 bits per heavy atom. The summed E-state index contributed by atoms with van der Waals surface area (Å²) in [7, 11) is -3.58. The van der Waals surface area contributed by atoms with Gasteiger partial charge in [0.25, 0.3) is 0 Å². The van der Waals surface area contributed by atoms with Gasteiger partial charge >= 0.3 is 0 Å². The lowest BCUT2D eigenvalue weighted by Gasteiger charge is -2.34. The average Bonchev–Trinajstić information content (AvgIpc) is 3.03. The van der Waals surface area contributed by atoms with Crippen LogP contribution in [-0.2, 0) is 14.8 Å². The quantitative estimate of drug-likeness (QED) is 0.634. The summed E-state index contributed by atoms with van der Waals surface area (Å²) in [5.74, 6) is -0.113. The van der Waals surface area contributed by atoms with Crippen LogP contribution in [0, 0.1) is 27.7 Å². The van der Waals surface area contributed by atoms with E-state index in [0.29, 0.717) is 23.5 Å². The van der Waals surface area contributed by atoms with Crippen molar-refractivity contribution >= 4 is 33.1 Å². The standard InChI is InChI=1S/C22H28N2O4S2/c1-15-5-7-21(16(2)13-15)30(27,28)24-11-9-23(10-12-24)22(26)8-6-20(25)19-14-17(3)29-18(19)4/h5,7,13-14H,6,8-12H2,1-4H3. The van der Waals surface area contributed by atoms with Crippen molar-refractivity contribution in [3.05, 3.63) is 50.7 Å². The third-order valence-corrected chi connectivity index (χ3v) is 8.47. The second-order valence-corrected chi connectivity index (χ2v) is 11.2. The molecule has 6 nitrogen and oxygen atoms in total. The van der Waals surface area contributed by atoms with Crippen LogP contribution >= 0.6 is 11.3 Å². The molecule has 162 valence electrons. The molecule has 0 atom stereocenters. The molecule has 3 rings (SSSR count). The van der Waals surface area contributed by atoms with Crippen LogP contribution in [-0.4, -0.2) is 55.5 Å². The maximum absolute atomic E-state index is 13.0. The van der Waals surface area contributed by atoms with Gasteiger partial charge < -0.3 is 4.90 Å². The predicted molar refractivity (Wildman–Crippen MR) is 119 cm³/mol. The van der Waals surface area contributed by atoms with E-state index in [-0.39, 0.29) is 37.6 Å². The van der Waals surface area contributed by atoms with E-state index in [2.05, 4.69) is 0 Å². The fourth-order valence-electron chi connectivity index (χ4n) is 3.83. The van der Waals surface area contributed by atoms with E-state index in [9.17, 15) is 18.0 Å². The largest absolute Gasteiger partial charge is 0.340 e. The lowest BCUT2D eigenvalue weighted by atomic mass is 10.1. The molecule has 1 aliphatic heterocycles. The fourth-order valence-corrected chi connectivity index (χ4v) is 6.40. The van der Waals surface area contributed by atoms with Gasteiger partial charge in [-0.25, -0.2) is 8.42 Å². The number of hydrogen-bond donors (Lipinski definition) is 0. The zero-order valence-corrected chi connectivity index (χ0v) is 19.5. The topological polar surface area (TPSA) is 74.8 Å². The molecule has 1 aromatic heterocycles.